The van der Waals surface area contributed by atoms with Crippen molar-refractivity contribution in [3.63, 3.8) is 0 Å². The van der Waals surface area contributed by atoms with Crippen LogP contribution in [0, 0.1) is 0 Å². The number of hydrogen-bond acceptors (Lipinski definition) is 17. The zero-order chi connectivity index (χ0) is 55.8. The van der Waals surface area contributed by atoms with Gasteiger partial charge in [0.05, 0.1) is 36.0 Å². The van der Waals surface area contributed by atoms with E-state index in [1.165, 1.54) is 27.7 Å². The molecular formula is C48H77ClN8O11S4Si. The van der Waals surface area contributed by atoms with Gasteiger partial charge in [-0.25, -0.2) is 45.8 Å². The number of amides is 4. The molecule has 19 nitrogen and oxygen atoms in total. The molecule has 0 aromatic carbocycles. The number of rotatable bonds is 16. The molecule has 0 radical (unpaired) electrons. The molecule has 0 aliphatic carbocycles. The number of hydrogen-bond donors (Lipinski definition) is 7. The molecule has 73 heavy (non-hydrogen) atoms. The molecule has 1 fully saturated rings. The first-order valence-electron chi connectivity index (χ1n) is 23.9. The quantitative estimate of drug-likeness (QED) is 0.0406. The lowest BCUT2D eigenvalue weighted by atomic mass is 9.95. The van der Waals surface area contributed by atoms with Crippen LogP contribution in [0.4, 0.5) is 21.0 Å². The molecule has 5 heterocycles. The van der Waals surface area contributed by atoms with Crippen LogP contribution in [-0.4, -0.2) is 84.6 Å². The number of nitrogens with zero attached hydrogens (tertiary/aromatic N) is 4. The smallest absolute Gasteiger partial charge is 0.333 e. The van der Waals surface area contributed by atoms with Crippen LogP contribution in [0.1, 0.15) is 184 Å². The van der Waals surface area contributed by atoms with Gasteiger partial charge in [-0.15, -0.1) is 22.7 Å². The van der Waals surface area contributed by atoms with Crippen molar-refractivity contribution < 1.29 is 50.9 Å². The van der Waals surface area contributed by atoms with Gasteiger partial charge in [-0.2, -0.15) is 0 Å². The van der Waals surface area contributed by atoms with Gasteiger partial charge in [0.1, 0.15) is 26.8 Å². The van der Waals surface area contributed by atoms with Crippen molar-refractivity contribution in [3.8, 4) is 0 Å². The first-order valence-corrected chi connectivity index (χ1v) is 31.9. The summed E-state index contributed by atoms with van der Waals surface area (Å²) in [6.45, 7) is 32.2. The summed E-state index contributed by atoms with van der Waals surface area (Å²) in [7, 11) is -10.9. The number of alkyl halides is 1. The van der Waals surface area contributed by atoms with Crippen LogP contribution in [0.25, 0.3) is 0 Å². The molecule has 1 unspecified atom stereocenters. The monoisotopic (exact) mass is 1130 g/mol. The summed E-state index contributed by atoms with van der Waals surface area (Å²) < 4.78 is 67.2. The number of carbonyl (C=O) groups is 2. The molecule has 410 valence electrons. The van der Waals surface area contributed by atoms with E-state index in [1.54, 1.807) is 24.8 Å². The van der Waals surface area contributed by atoms with E-state index in [4.69, 9.17) is 20.8 Å². The minimum Gasteiger partial charge on any atom is -0.411 e. The maximum Gasteiger partial charge on any atom is 0.333 e. The van der Waals surface area contributed by atoms with Crippen molar-refractivity contribution in [2.75, 3.05) is 17.2 Å². The third kappa shape index (κ3) is 17.7. The number of thiazole rings is 2. The number of ether oxygens (including phenoxy) is 1. The molecule has 5 rings (SSSR count). The highest BCUT2D eigenvalue weighted by Crippen LogP contribution is 2.39. The molecule has 4 aromatic heterocycles. The summed E-state index contributed by atoms with van der Waals surface area (Å²) in [6, 6.07) is -1.82. The number of anilines is 2. The van der Waals surface area contributed by atoms with Crippen molar-refractivity contribution in [3.05, 3.63) is 68.4 Å². The Morgan fingerprint density at radius 2 is 1.07 bits per heavy atom. The Hall–Kier alpha value is -3.69. The van der Waals surface area contributed by atoms with Gasteiger partial charge in [-0.05, 0) is 105 Å². The average molecular weight is 1130 g/mol. The van der Waals surface area contributed by atoms with Crippen LogP contribution in [0.5, 0.6) is 0 Å². The largest absolute Gasteiger partial charge is 0.411 e. The molecule has 0 bridgehead atoms. The zero-order valence-electron chi connectivity index (χ0n) is 45.1. The van der Waals surface area contributed by atoms with Gasteiger partial charge in [0.15, 0.2) is 16.7 Å². The molecule has 1 saturated heterocycles. The topological polar surface area (TPSA) is 281 Å². The number of nitrogens with one attached hydrogen (secondary N) is 4. The minimum atomic E-state index is -4.32. The maximum absolute atomic E-state index is 13.4. The van der Waals surface area contributed by atoms with Gasteiger partial charge < -0.3 is 35.1 Å². The Labute approximate surface area is 446 Å². The van der Waals surface area contributed by atoms with Gasteiger partial charge in [-0.3, -0.25) is 9.97 Å². The van der Waals surface area contributed by atoms with E-state index in [-0.39, 0.29) is 70.7 Å². The van der Waals surface area contributed by atoms with Crippen LogP contribution in [0.2, 0.25) is 18.1 Å². The summed E-state index contributed by atoms with van der Waals surface area (Å²) in [5.74, 6) is 0.237. The van der Waals surface area contributed by atoms with Gasteiger partial charge in [0.2, 0.25) is 0 Å². The molecule has 1 atom stereocenters. The molecule has 0 saturated carbocycles. The third-order valence-electron chi connectivity index (χ3n) is 11.7. The van der Waals surface area contributed by atoms with E-state index in [0.717, 1.165) is 53.0 Å². The molecule has 1 aliphatic heterocycles. The molecular weight excluding hydrogens is 1060 g/mol. The zero-order valence-corrected chi connectivity index (χ0v) is 50.2. The first kappa shape index (κ1) is 63.6. The number of sulfonamides is 2. The Kier molecular flexibility index (Phi) is 22.2. The Morgan fingerprint density at radius 3 is 1.34 bits per heavy atom. The van der Waals surface area contributed by atoms with Crippen LogP contribution in [0.15, 0.2) is 33.2 Å². The average Bonchev–Trinajstić information content (AvgIpc) is 4.03. The fourth-order valence-electron chi connectivity index (χ4n) is 6.46. The lowest BCUT2D eigenvalue weighted by molar-refractivity contribution is 0.0773. The van der Waals surface area contributed by atoms with E-state index >= 15 is 0 Å². The third-order valence-corrected chi connectivity index (χ3v) is 23.1. The van der Waals surface area contributed by atoms with Crippen LogP contribution < -0.4 is 20.1 Å². The Balaban J connectivity index is 0.000000350. The highest BCUT2D eigenvalue weighted by molar-refractivity contribution is 7.92. The normalized spacial score (nSPS) is 14.7. The van der Waals surface area contributed by atoms with Gasteiger partial charge in [-0.1, -0.05) is 87.8 Å². The van der Waals surface area contributed by atoms with Gasteiger partial charge in [0.25, 0.3) is 20.0 Å². The summed E-state index contributed by atoms with van der Waals surface area (Å²) in [5, 5.41) is 35.7. The summed E-state index contributed by atoms with van der Waals surface area (Å²) in [6.07, 6.45) is 8.80. The van der Waals surface area contributed by atoms with Crippen LogP contribution in [-0.2, 0) is 53.6 Å². The van der Waals surface area contributed by atoms with Crippen molar-refractivity contribution in [1.82, 2.24) is 29.4 Å². The second-order valence-electron chi connectivity index (χ2n) is 21.4. The molecule has 7 N–H and O–H groups in total. The Morgan fingerprint density at radius 1 is 0.712 bits per heavy atom. The Bertz CT molecular complexity index is 2690. The number of aromatic nitrogens is 4. The van der Waals surface area contributed by atoms with Gasteiger partial charge >= 0.3 is 12.1 Å². The summed E-state index contributed by atoms with van der Waals surface area (Å²) >= 11 is 7.02. The number of carbonyl (C=O) groups excluding carboxylic acids is 2. The highest BCUT2D eigenvalue weighted by Gasteiger charge is 2.39. The number of halogens is 1. The van der Waals surface area contributed by atoms with Crippen LogP contribution in [0.3, 0.4) is 0 Å². The van der Waals surface area contributed by atoms with Gasteiger partial charge in [0, 0.05) is 31.4 Å². The van der Waals surface area contributed by atoms with E-state index in [0.29, 0.717) is 22.7 Å². The van der Waals surface area contributed by atoms with E-state index in [1.807, 2.05) is 60.1 Å². The number of pyridine rings is 2. The van der Waals surface area contributed by atoms with E-state index in [9.17, 15) is 41.7 Å². The molecule has 4 amide bonds. The number of aliphatic hydroxyl groups excluding tert-OH is 1. The fraction of sp³-hybridized carbons (Fsp3) is 0.625. The predicted molar refractivity (Wildman–Crippen MR) is 291 cm³/mol. The summed E-state index contributed by atoms with van der Waals surface area (Å²) in [4.78, 5) is 42.5. The van der Waals surface area contributed by atoms with E-state index in [2.05, 4.69) is 69.2 Å². The first-order chi connectivity index (χ1) is 33.3. The number of urea groups is 2. The predicted octanol–water partition coefficient (Wildman–Crippen LogP) is 10.4. The van der Waals surface area contributed by atoms with Crippen molar-refractivity contribution in [2.24, 2.45) is 0 Å². The molecule has 25 heteroatoms. The fourth-order valence-corrected chi connectivity index (χ4v) is 12.5. The lowest BCUT2D eigenvalue weighted by Gasteiger charge is -2.36. The number of aliphatic hydroxyl groups is 3. The molecule has 4 aromatic rings. The second kappa shape index (κ2) is 25.4. The molecule has 0 spiro atoms. The van der Waals surface area contributed by atoms with Crippen molar-refractivity contribution in [2.45, 2.75) is 197 Å². The van der Waals surface area contributed by atoms with Crippen LogP contribution >= 0.6 is 34.3 Å². The van der Waals surface area contributed by atoms with Crippen molar-refractivity contribution in [1.29, 1.82) is 0 Å². The second-order valence-corrected chi connectivity index (χ2v) is 32.4. The van der Waals surface area contributed by atoms with E-state index < -0.39 is 58.2 Å². The highest BCUT2D eigenvalue weighted by atomic mass is 35.5. The molecule has 1 aliphatic rings. The maximum atomic E-state index is 13.4. The summed E-state index contributed by atoms with van der Waals surface area (Å²) in [5.41, 5.74) is 1.57. The SMILES string of the molecule is CC(C)c1cncc(C(C)C)c1NC(=O)NS(=O)(=O)c1sc(C(C)(C)O)nc1CO.CC(C)c1cncc(C(C)C)c1NC(=O)NS(=O)(=O)c1sc(C(C)(C)O)nc1CO[Si](C)(C)C(C)(C)C.ClC1CCCO1. The lowest BCUT2D eigenvalue weighted by Crippen LogP contribution is -2.40. The minimum absolute atomic E-state index is 0.0185. The van der Waals surface area contributed by atoms with Crippen molar-refractivity contribution >= 4 is 86.1 Å². The standard InChI is InChI=1S/C25H42N4O5S2Si.C19H28N4O5S2.C4H7ClO/c1-15(2)17-12-26-13-18(16(3)4)20(17)28-23(30)29-36(32,33)21-19(27-22(35-21)25(8,9)31)14-34-37(10,11)24(5,6)7;1-10(2)12-7-20-8-13(11(3)4)15(12)22-18(25)23-30(27,28)16-14(9-24)21-17(29-16)19(5,6)26;5-4-2-1-3-6-4/h12-13,15-16,31H,14H2,1-11H3,(H2,26,28,29,30);7-8,10-11,24,26H,9H2,1-6H3,(H2,20,22,23,25);4H,1-3H2.